The minimum absolute atomic E-state index is 0.195. The maximum atomic E-state index is 12.5. The van der Waals surface area contributed by atoms with Gasteiger partial charge < -0.3 is 14.4 Å². The zero-order valence-electron chi connectivity index (χ0n) is 17.2. The summed E-state index contributed by atoms with van der Waals surface area (Å²) in [7, 11) is 3.22. The van der Waals surface area contributed by atoms with E-state index in [4.69, 9.17) is 9.47 Å². The van der Waals surface area contributed by atoms with Gasteiger partial charge in [0.2, 0.25) is 0 Å². The summed E-state index contributed by atoms with van der Waals surface area (Å²) >= 11 is 1.44. The third kappa shape index (κ3) is 4.68. The highest BCUT2D eigenvalue weighted by atomic mass is 32.2. The van der Waals surface area contributed by atoms with Crippen LogP contribution in [-0.4, -0.2) is 61.3 Å². The molecule has 1 fully saturated rings. The molecule has 0 spiro atoms. The molecule has 2 aliphatic rings. The Labute approximate surface area is 181 Å². The molecule has 0 aliphatic carbocycles. The molecule has 1 amide bonds. The van der Waals surface area contributed by atoms with E-state index in [9.17, 15) is 4.79 Å². The lowest BCUT2D eigenvalue weighted by Crippen LogP contribution is -2.47. The van der Waals surface area contributed by atoms with E-state index in [1.54, 1.807) is 14.2 Å². The van der Waals surface area contributed by atoms with Gasteiger partial charge in [-0.05, 0) is 35.5 Å². The van der Waals surface area contributed by atoms with Crippen LogP contribution in [0.15, 0.2) is 58.4 Å². The number of amidine groups is 1. The summed E-state index contributed by atoms with van der Waals surface area (Å²) in [5.41, 5.74) is 2.16. The standard InChI is InChI=1S/C23H25N3O3S/c1-28-19-9-8-18(20(15-19)29-2)14-21-22(27)24-23(30-21)26-12-10-25(11-13-26)16-17-6-4-3-5-7-17/h3-9,14-15H,10-13,16H2,1-2H3/b21-14-. The van der Waals surface area contributed by atoms with Gasteiger partial charge in [0, 0.05) is 44.4 Å². The van der Waals surface area contributed by atoms with Crippen LogP contribution in [0.1, 0.15) is 11.1 Å². The first-order valence-electron chi connectivity index (χ1n) is 9.92. The maximum absolute atomic E-state index is 12.5. The Bertz CT molecular complexity index is 967. The van der Waals surface area contributed by atoms with Crippen LogP contribution in [0.2, 0.25) is 0 Å². The minimum atomic E-state index is -0.195. The Morgan fingerprint density at radius 1 is 1.03 bits per heavy atom. The molecule has 0 aromatic heterocycles. The van der Waals surface area contributed by atoms with Crippen molar-refractivity contribution in [3.63, 3.8) is 0 Å². The average Bonchev–Trinajstić information content (AvgIpc) is 3.15. The third-order valence-electron chi connectivity index (χ3n) is 5.23. The van der Waals surface area contributed by atoms with Gasteiger partial charge in [-0.3, -0.25) is 9.69 Å². The molecule has 1 saturated heterocycles. The fourth-order valence-corrected chi connectivity index (χ4v) is 4.51. The Morgan fingerprint density at radius 3 is 2.50 bits per heavy atom. The maximum Gasteiger partial charge on any atom is 0.286 e. The molecule has 0 radical (unpaired) electrons. The number of rotatable bonds is 5. The van der Waals surface area contributed by atoms with Gasteiger partial charge in [-0.1, -0.05) is 30.3 Å². The number of thioether (sulfide) groups is 1. The molecule has 2 aromatic carbocycles. The van der Waals surface area contributed by atoms with Crippen LogP contribution < -0.4 is 9.47 Å². The van der Waals surface area contributed by atoms with Crippen molar-refractivity contribution in [2.24, 2.45) is 4.99 Å². The highest BCUT2D eigenvalue weighted by molar-refractivity contribution is 8.18. The molecule has 6 nitrogen and oxygen atoms in total. The second kappa shape index (κ2) is 9.36. The summed E-state index contributed by atoms with van der Waals surface area (Å²) in [5.74, 6) is 1.18. The largest absolute Gasteiger partial charge is 0.497 e. The quantitative estimate of drug-likeness (QED) is 0.687. The molecule has 2 aliphatic heterocycles. The van der Waals surface area contributed by atoms with Gasteiger partial charge >= 0.3 is 0 Å². The van der Waals surface area contributed by atoms with E-state index in [0.29, 0.717) is 16.4 Å². The van der Waals surface area contributed by atoms with Gasteiger partial charge in [-0.15, -0.1) is 0 Å². The predicted molar refractivity (Wildman–Crippen MR) is 121 cm³/mol. The topological polar surface area (TPSA) is 54.4 Å². The number of amides is 1. The first-order chi connectivity index (χ1) is 14.7. The normalized spacial score (nSPS) is 18.6. The number of hydrogen-bond donors (Lipinski definition) is 0. The molecule has 0 bridgehead atoms. The molecule has 7 heteroatoms. The fourth-order valence-electron chi connectivity index (χ4n) is 3.55. The minimum Gasteiger partial charge on any atom is -0.497 e. The van der Waals surface area contributed by atoms with Crippen molar-refractivity contribution in [1.29, 1.82) is 0 Å². The van der Waals surface area contributed by atoms with Gasteiger partial charge in [0.05, 0.1) is 19.1 Å². The molecular formula is C23H25N3O3S. The SMILES string of the molecule is COc1ccc(/C=C2\SC(N3CCN(Cc4ccccc4)CC3)=NC2=O)c(OC)c1. The van der Waals surface area contributed by atoms with Crippen LogP contribution in [0.4, 0.5) is 0 Å². The van der Waals surface area contributed by atoms with Gasteiger partial charge in [-0.2, -0.15) is 4.99 Å². The summed E-state index contributed by atoms with van der Waals surface area (Å²) in [5, 5.41) is 0.790. The van der Waals surface area contributed by atoms with E-state index in [-0.39, 0.29) is 5.91 Å². The molecule has 4 rings (SSSR count). The number of carbonyl (C=O) groups is 1. The number of nitrogens with zero attached hydrogens (tertiary/aromatic N) is 3. The molecule has 0 atom stereocenters. The van der Waals surface area contributed by atoms with E-state index in [0.717, 1.165) is 43.5 Å². The molecule has 0 N–H and O–H groups in total. The summed E-state index contributed by atoms with van der Waals surface area (Å²) < 4.78 is 10.7. The molecule has 2 heterocycles. The fraction of sp³-hybridized carbons (Fsp3) is 0.304. The van der Waals surface area contributed by atoms with Crippen molar-refractivity contribution in [2.45, 2.75) is 6.54 Å². The highest BCUT2D eigenvalue weighted by Gasteiger charge is 2.28. The van der Waals surface area contributed by atoms with Crippen molar-refractivity contribution in [3.8, 4) is 11.5 Å². The van der Waals surface area contributed by atoms with Crippen LogP contribution in [0.3, 0.4) is 0 Å². The predicted octanol–water partition coefficient (Wildman–Crippen LogP) is 3.49. The van der Waals surface area contributed by atoms with Crippen molar-refractivity contribution in [1.82, 2.24) is 9.80 Å². The molecule has 0 unspecified atom stereocenters. The average molecular weight is 424 g/mol. The second-order valence-corrected chi connectivity index (χ2v) is 8.18. The highest BCUT2D eigenvalue weighted by Crippen LogP contribution is 2.34. The summed E-state index contributed by atoms with van der Waals surface area (Å²) in [4.78, 5) is 22.0. The molecule has 2 aromatic rings. The van der Waals surface area contributed by atoms with Gasteiger partial charge in [0.15, 0.2) is 5.17 Å². The number of benzene rings is 2. The van der Waals surface area contributed by atoms with Crippen LogP contribution >= 0.6 is 11.8 Å². The first kappa shape index (κ1) is 20.5. The van der Waals surface area contributed by atoms with Gasteiger partial charge in [0.1, 0.15) is 11.5 Å². The smallest absolute Gasteiger partial charge is 0.286 e. The second-order valence-electron chi connectivity index (χ2n) is 7.17. The Kier molecular flexibility index (Phi) is 6.40. The van der Waals surface area contributed by atoms with E-state index in [1.165, 1.54) is 17.3 Å². The number of hydrogen-bond acceptors (Lipinski definition) is 6. The molecule has 156 valence electrons. The van der Waals surface area contributed by atoms with Crippen molar-refractivity contribution in [3.05, 3.63) is 64.6 Å². The molecule has 0 saturated carbocycles. The lowest BCUT2D eigenvalue weighted by Gasteiger charge is -2.35. The summed E-state index contributed by atoms with van der Waals surface area (Å²) in [6.07, 6.45) is 1.84. The molecular weight excluding hydrogens is 398 g/mol. The lowest BCUT2D eigenvalue weighted by molar-refractivity contribution is -0.113. The number of piperazine rings is 1. The van der Waals surface area contributed by atoms with Crippen LogP contribution in [0.5, 0.6) is 11.5 Å². The number of aliphatic imine (C=N–C) groups is 1. The Balaban J connectivity index is 1.38. The van der Waals surface area contributed by atoms with E-state index >= 15 is 0 Å². The van der Waals surface area contributed by atoms with Crippen molar-refractivity contribution < 1.29 is 14.3 Å². The van der Waals surface area contributed by atoms with Crippen molar-refractivity contribution in [2.75, 3.05) is 40.4 Å². The Morgan fingerprint density at radius 2 is 1.80 bits per heavy atom. The van der Waals surface area contributed by atoms with Crippen LogP contribution in [-0.2, 0) is 11.3 Å². The van der Waals surface area contributed by atoms with E-state index in [2.05, 4.69) is 39.1 Å². The van der Waals surface area contributed by atoms with E-state index in [1.807, 2.05) is 30.3 Å². The van der Waals surface area contributed by atoms with E-state index < -0.39 is 0 Å². The Hall–Kier alpha value is -2.77. The van der Waals surface area contributed by atoms with Gasteiger partial charge in [0.25, 0.3) is 5.91 Å². The van der Waals surface area contributed by atoms with Crippen LogP contribution in [0.25, 0.3) is 6.08 Å². The zero-order chi connectivity index (χ0) is 20.9. The first-order valence-corrected chi connectivity index (χ1v) is 10.7. The number of ether oxygens (including phenoxy) is 2. The van der Waals surface area contributed by atoms with Crippen LogP contribution in [0, 0.1) is 0 Å². The van der Waals surface area contributed by atoms with Crippen molar-refractivity contribution >= 4 is 28.9 Å². The summed E-state index contributed by atoms with van der Waals surface area (Å²) in [6, 6.07) is 16.1. The third-order valence-corrected chi connectivity index (χ3v) is 6.27. The van der Waals surface area contributed by atoms with Gasteiger partial charge in [-0.25, -0.2) is 0 Å². The summed E-state index contributed by atoms with van der Waals surface area (Å²) in [6.45, 7) is 4.59. The number of methoxy groups -OCH3 is 2. The lowest BCUT2D eigenvalue weighted by atomic mass is 10.1. The molecule has 30 heavy (non-hydrogen) atoms. The monoisotopic (exact) mass is 423 g/mol. The zero-order valence-corrected chi connectivity index (χ0v) is 18.0. The number of carbonyl (C=O) groups excluding carboxylic acids is 1.